The van der Waals surface area contributed by atoms with Crippen molar-refractivity contribution < 1.29 is 172 Å². The highest BCUT2D eigenvalue weighted by molar-refractivity contribution is 5.92. The van der Waals surface area contributed by atoms with E-state index in [0.717, 1.165) is 12.8 Å². The summed E-state index contributed by atoms with van der Waals surface area (Å²) in [4.78, 5) is 103. The van der Waals surface area contributed by atoms with Gasteiger partial charge in [-0.15, -0.1) is 0 Å². The molecule has 4 fully saturated rings. The lowest BCUT2D eigenvalue weighted by atomic mass is 9.81. The van der Waals surface area contributed by atoms with Crippen LogP contribution in [-0.4, -0.2) is 331 Å². The average molecular weight is 1900 g/mol. The number of hydrogen-bond acceptors (Lipinski definition) is 37. The molecule has 5 aliphatic rings. The summed E-state index contributed by atoms with van der Waals surface area (Å²) in [5.41, 5.74) is -1.22. The number of carbonyl (C=O) groups is 8. The van der Waals surface area contributed by atoms with E-state index in [0.29, 0.717) is 18.7 Å². The van der Waals surface area contributed by atoms with Crippen molar-refractivity contribution in [2.24, 2.45) is 34.6 Å². The number of amides is 3. The molecule has 40 heteroatoms. The molecule has 0 radical (unpaired) electrons. The SMILES string of the molecule is CC(C)(C)OC(=O)c1cc(OCCOCCO)c(OCCOCCO)c(OCCOCCO)c1.CC[C@H]1O[C@@H](OCCOCCOc2cc(C(=O)OC(C)(C)C)cc(OCCOCCO[C@@H]3O[C@H](CC)[C@H](C)[C@H](OC(C)=O)[C@H]3NC(C)=O)c2OCCOCCO[C@@H]2O[C@H](CC)[C@H](C)[C@H](OC(C)=O)[C@H]2NC(C)=O)[C@H](NC(C)=O)[C@@H](C)[C@H]1C.CC[C@H]1O[C@@H]2OC(C)=N[C@@H]2[C@@H](OC(C)=O)[C@H]1C. The first-order valence-electron chi connectivity index (χ1n) is 46.1. The van der Waals surface area contributed by atoms with Crippen molar-refractivity contribution in [2.45, 2.75) is 281 Å². The molecule has 0 saturated carbocycles. The Morgan fingerprint density at radius 2 is 0.639 bits per heavy atom. The lowest BCUT2D eigenvalue weighted by molar-refractivity contribution is -0.256. The zero-order valence-corrected chi connectivity index (χ0v) is 81.9. The van der Waals surface area contributed by atoms with Crippen LogP contribution in [-0.2, 0) is 119 Å². The first kappa shape index (κ1) is 115. The zero-order valence-electron chi connectivity index (χ0n) is 81.9. The summed E-state index contributed by atoms with van der Waals surface area (Å²) < 4.78 is 146. The van der Waals surface area contributed by atoms with Crippen molar-refractivity contribution in [3.05, 3.63) is 35.4 Å². The van der Waals surface area contributed by atoms with Crippen molar-refractivity contribution in [1.82, 2.24) is 16.0 Å². The van der Waals surface area contributed by atoms with Crippen LogP contribution in [0.4, 0.5) is 0 Å². The second kappa shape index (κ2) is 60.4. The van der Waals surface area contributed by atoms with Crippen LogP contribution in [0.3, 0.4) is 0 Å². The van der Waals surface area contributed by atoms with Crippen molar-refractivity contribution in [3.63, 3.8) is 0 Å². The Morgan fingerprint density at radius 1 is 0.361 bits per heavy atom. The molecule has 5 heterocycles. The molecule has 40 nitrogen and oxygen atoms in total. The molecule has 7 rings (SSSR count). The van der Waals surface area contributed by atoms with Crippen LogP contribution in [0.1, 0.15) is 199 Å². The van der Waals surface area contributed by atoms with E-state index in [2.05, 4.69) is 48.6 Å². The van der Waals surface area contributed by atoms with Crippen LogP contribution in [0.25, 0.3) is 0 Å². The Morgan fingerprint density at radius 3 is 0.947 bits per heavy atom. The van der Waals surface area contributed by atoms with Gasteiger partial charge in [0.1, 0.15) is 81.2 Å². The number of benzene rings is 2. The van der Waals surface area contributed by atoms with Crippen LogP contribution < -0.4 is 44.4 Å². The second-order valence-electron chi connectivity index (χ2n) is 34.4. The lowest BCUT2D eigenvalue weighted by Crippen LogP contribution is -2.62. The molecule has 5 aliphatic heterocycles. The minimum Gasteiger partial charge on any atom is -0.487 e. The van der Waals surface area contributed by atoms with E-state index in [-0.39, 0.29) is 300 Å². The van der Waals surface area contributed by atoms with Gasteiger partial charge in [0.25, 0.3) is 0 Å². The molecule has 0 aromatic heterocycles. The Bertz CT molecular complexity index is 3790. The Hall–Kier alpha value is -8.17. The van der Waals surface area contributed by atoms with Gasteiger partial charge in [0.05, 0.1) is 161 Å². The quantitative estimate of drug-likeness (QED) is 0.0212. The van der Waals surface area contributed by atoms with Crippen LogP contribution in [0.2, 0.25) is 0 Å². The Labute approximate surface area is 782 Å². The third-order valence-corrected chi connectivity index (χ3v) is 21.4. The number of esters is 5. The van der Waals surface area contributed by atoms with E-state index in [1.54, 1.807) is 48.5 Å². The minimum atomic E-state index is -0.924. The molecule has 20 atom stereocenters. The highest BCUT2D eigenvalue weighted by Crippen LogP contribution is 2.43. The summed E-state index contributed by atoms with van der Waals surface area (Å²) in [5, 5.41) is 35.2. The molecule has 133 heavy (non-hydrogen) atoms. The number of nitrogens with zero attached hydrogens (tertiary/aromatic N) is 1. The highest BCUT2D eigenvalue weighted by Gasteiger charge is 2.51. The summed E-state index contributed by atoms with van der Waals surface area (Å²) in [5.74, 6) is -1.52. The Balaban J connectivity index is 0.000000494. The van der Waals surface area contributed by atoms with Crippen molar-refractivity contribution in [1.29, 1.82) is 0 Å². The average Bonchev–Trinajstić information content (AvgIpc) is 1.49. The van der Waals surface area contributed by atoms with Gasteiger partial charge in [-0.3, -0.25) is 28.8 Å². The number of aliphatic hydroxyl groups excluding tert-OH is 3. The maximum absolute atomic E-state index is 13.6. The first-order chi connectivity index (χ1) is 63.2. The first-order valence-corrected chi connectivity index (χ1v) is 46.1. The minimum absolute atomic E-state index is 0.0111. The largest absolute Gasteiger partial charge is 0.487 e. The molecule has 760 valence electrons. The lowest BCUT2D eigenvalue weighted by Gasteiger charge is -2.44. The van der Waals surface area contributed by atoms with Gasteiger partial charge in [0, 0.05) is 66.2 Å². The summed E-state index contributed by atoms with van der Waals surface area (Å²) in [6, 6.07) is 3.91. The van der Waals surface area contributed by atoms with Crippen LogP contribution in [0, 0.1) is 29.6 Å². The number of nitrogens with one attached hydrogen (secondary N) is 3. The molecule has 2 aromatic carbocycles. The number of ether oxygens (including phenoxy) is 25. The predicted molar refractivity (Wildman–Crippen MR) is 479 cm³/mol. The number of carbonyl (C=O) groups excluding carboxylic acids is 8. The predicted octanol–water partition coefficient (Wildman–Crippen LogP) is 7.52. The van der Waals surface area contributed by atoms with Gasteiger partial charge in [-0.25, -0.2) is 14.6 Å². The molecule has 3 amide bonds. The number of fused-ring (bicyclic) bond motifs is 1. The summed E-state index contributed by atoms with van der Waals surface area (Å²) in [6.07, 6.45) is -2.21. The standard InChI is InChI=1S/C58H95N3O21.C23H38O11.C12H19NO4/c1-16-43-33(4)34(5)48(59-37(8)62)55(79-43)74-28-22-68-19-25-71-46-31-42(54(67)82-58(13,14)15)32-47(72-26-20-69-23-29-75-56-49(60-38(9)63)51(77-40(11)65)35(6)44(17-2)80-56)53(46)73-27-21-70-24-30-76-57-50(61-39(10)64)52(78-41(12)66)36(7)45(18-3)81-57;1-23(2,3)34-22(27)18-16-19(31-13-10-28-7-4-24)21(33-15-12-30-9-6-26)20(17-18)32-14-11-29-8-5-25;1-5-9-6(2)11(16-8(4)14)10-12(17-9)15-7(3)13-10/h31-36,43-45,48-52,55-57H,16-30H2,1-15H3,(H,59,62)(H,60,63)(H,61,64);16-17,24-26H,4-15H2,1-3H3;6,9-12H,5H2,1-4H3/t33-,34+,35+,36+,43-,44-,45-,48-,49-,50-,51+,52+,55-,56-,57-;;6-,9+,10+,11-,12-/m1.0/s1. The molecule has 0 unspecified atom stereocenters. The highest BCUT2D eigenvalue weighted by atomic mass is 16.7. The van der Waals surface area contributed by atoms with Gasteiger partial charge in [0.2, 0.25) is 35.5 Å². The van der Waals surface area contributed by atoms with Gasteiger partial charge >= 0.3 is 29.8 Å². The van der Waals surface area contributed by atoms with Crippen molar-refractivity contribution >= 4 is 53.5 Å². The van der Waals surface area contributed by atoms with Gasteiger partial charge < -0.3 is 150 Å². The molecule has 6 N–H and O–H groups in total. The van der Waals surface area contributed by atoms with E-state index in [1.165, 1.54) is 65.8 Å². The zero-order chi connectivity index (χ0) is 98.5. The number of aliphatic imine (C=N–C) groups is 1. The second-order valence-corrected chi connectivity index (χ2v) is 34.4. The third kappa shape index (κ3) is 40.6. The summed E-state index contributed by atoms with van der Waals surface area (Å²) in [7, 11) is 0. The van der Waals surface area contributed by atoms with Gasteiger partial charge in [0.15, 0.2) is 53.8 Å². The number of aliphatic hydroxyl groups is 3. The summed E-state index contributed by atoms with van der Waals surface area (Å²) in [6.45, 7) is 40.7. The van der Waals surface area contributed by atoms with Crippen LogP contribution in [0.15, 0.2) is 29.3 Å². The van der Waals surface area contributed by atoms with E-state index in [9.17, 15) is 38.4 Å². The summed E-state index contributed by atoms with van der Waals surface area (Å²) >= 11 is 0. The molecule has 0 aliphatic carbocycles. The molecule has 0 spiro atoms. The van der Waals surface area contributed by atoms with E-state index >= 15 is 0 Å². The number of rotatable bonds is 54. The van der Waals surface area contributed by atoms with Crippen molar-refractivity contribution in [3.8, 4) is 34.5 Å². The molecular weight excluding hydrogens is 1750 g/mol. The molecular formula is C93H152N4O36. The number of hydrogen-bond donors (Lipinski definition) is 6. The molecule has 0 bridgehead atoms. The van der Waals surface area contributed by atoms with Gasteiger partial charge in [-0.1, -0.05) is 62.3 Å². The fourth-order valence-electron chi connectivity index (χ4n) is 15.3. The van der Waals surface area contributed by atoms with Crippen molar-refractivity contribution in [2.75, 3.05) is 159 Å². The van der Waals surface area contributed by atoms with Crippen LogP contribution >= 0.6 is 0 Å². The monoisotopic (exact) mass is 1900 g/mol. The molecule has 4 saturated heterocycles. The third-order valence-electron chi connectivity index (χ3n) is 21.4. The fourth-order valence-corrected chi connectivity index (χ4v) is 15.3. The maximum atomic E-state index is 13.6. The topological polar surface area (TPSA) is 476 Å². The fraction of sp³-hybridized carbons (Fsp3) is 0.774. The maximum Gasteiger partial charge on any atom is 0.338 e. The van der Waals surface area contributed by atoms with Crippen LogP contribution in [0.5, 0.6) is 34.5 Å². The Kier molecular flexibility index (Phi) is 52.4. The normalized spacial score (nSPS) is 25.5. The van der Waals surface area contributed by atoms with Gasteiger partial charge in [-0.2, -0.15) is 0 Å². The molecule has 2 aromatic rings. The van der Waals surface area contributed by atoms with E-state index in [1.807, 2.05) is 34.6 Å². The van der Waals surface area contributed by atoms with Gasteiger partial charge in [-0.05, 0) is 103 Å². The smallest absolute Gasteiger partial charge is 0.338 e. The van der Waals surface area contributed by atoms with E-state index < -0.39 is 84.5 Å². The van der Waals surface area contributed by atoms with E-state index in [4.69, 9.17) is 134 Å².